The van der Waals surface area contributed by atoms with Crippen molar-refractivity contribution in [1.29, 1.82) is 5.26 Å². The molecule has 5 heteroatoms. The molecule has 0 aliphatic rings. The summed E-state index contributed by atoms with van der Waals surface area (Å²) in [4.78, 5) is 17.9. The van der Waals surface area contributed by atoms with Crippen LogP contribution in [0.5, 0.6) is 0 Å². The molecule has 1 heterocycles. The van der Waals surface area contributed by atoms with E-state index in [-0.39, 0.29) is 12.5 Å². The van der Waals surface area contributed by atoms with Crippen molar-refractivity contribution in [2.24, 2.45) is 0 Å². The molecule has 0 bridgehead atoms. The molecule has 0 atom stereocenters. The summed E-state index contributed by atoms with van der Waals surface area (Å²) in [5.41, 5.74) is 1.31. The highest BCUT2D eigenvalue weighted by atomic mass is 79.9. The van der Waals surface area contributed by atoms with Gasteiger partial charge in [0.2, 0.25) is 0 Å². The van der Waals surface area contributed by atoms with Gasteiger partial charge in [-0.1, -0.05) is 30.3 Å². The van der Waals surface area contributed by atoms with Crippen molar-refractivity contribution in [3.8, 4) is 6.07 Å². The quantitative estimate of drug-likeness (QED) is 0.810. The molecule has 0 fully saturated rings. The average Bonchev–Trinajstić information content (AvgIpc) is 2.48. The van der Waals surface area contributed by atoms with E-state index in [1.807, 2.05) is 36.4 Å². The molecule has 1 amide bonds. The lowest BCUT2D eigenvalue weighted by atomic mass is 10.2. The highest BCUT2D eigenvalue weighted by Crippen LogP contribution is 2.11. The minimum Gasteiger partial charge on any atom is -0.320 e. The van der Waals surface area contributed by atoms with Crippen LogP contribution in [0.25, 0.3) is 0 Å². The maximum absolute atomic E-state index is 12.3. The summed E-state index contributed by atoms with van der Waals surface area (Å²) in [7, 11) is 0. The third-order valence-corrected chi connectivity index (χ3v) is 3.18. The van der Waals surface area contributed by atoms with E-state index in [4.69, 9.17) is 5.26 Å². The van der Waals surface area contributed by atoms with E-state index in [0.29, 0.717) is 12.2 Å². The molecule has 0 aliphatic heterocycles. The molecule has 2 rings (SSSR count). The average molecular weight is 330 g/mol. The molecule has 20 heavy (non-hydrogen) atoms. The molecule has 2 aromatic rings. The Balaban J connectivity index is 2.18. The van der Waals surface area contributed by atoms with Crippen LogP contribution in [-0.2, 0) is 6.54 Å². The molecule has 0 radical (unpaired) electrons. The second-order valence-corrected chi connectivity index (χ2v) is 5.08. The first-order chi connectivity index (χ1) is 9.70. The smallest absolute Gasteiger partial charge is 0.273 e. The maximum atomic E-state index is 12.3. The number of pyridine rings is 1. The predicted octanol–water partition coefficient (Wildman–Crippen LogP) is 3.01. The van der Waals surface area contributed by atoms with Gasteiger partial charge in [-0.3, -0.25) is 4.79 Å². The summed E-state index contributed by atoms with van der Waals surface area (Å²) in [6, 6.07) is 15.0. The minimum atomic E-state index is -0.247. The molecule has 1 aromatic carbocycles. The van der Waals surface area contributed by atoms with Gasteiger partial charge in [0.15, 0.2) is 0 Å². The van der Waals surface area contributed by atoms with Crippen LogP contribution < -0.4 is 0 Å². The van der Waals surface area contributed by atoms with Crippen LogP contribution in [0, 0.1) is 11.3 Å². The maximum Gasteiger partial charge on any atom is 0.273 e. The summed E-state index contributed by atoms with van der Waals surface area (Å²) in [6.07, 6.45) is 1.57. The number of nitrogens with zero attached hydrogens (tertiary/aromatic N) is 3. The summed E-state index contributed by atoms with van der Waals surface area (Å²) in [5.74, 6) is -0.247. The third kappa shape index (κ3) is 3.65. The summed E-state index contributed by atoms with van der Waals surface area (Å²) >= 11 is 3.28. The van der Waals surface area contributed by atoms with Crippen LogP contribution in [-0.4, -0.2) is 22.3 Å². The molecule has 0 spiro atoms. The first kappa shape index (κ1) is 14.2. The van der Waals surface area contributed by atoms with E-state index < -0.39 is 0 Å². The molecule has 0 saturated heterocycles. The molecule has 1 aromatic heterocycles. The standard InChI is InChI=1S/C15H12BrN3O/c16-13-6-7-14(18-10-13)15(20)19(9-8-17)11-12-4-2-1-3-5-12/h1-7,10H,9,11H2. The zero-order chi connectivity index (χ0) is 14.4. The fraction of sp³-hybridized carbons (Fsp3) is 0.133. The molecular weight excluding hydrogens is 318 g/mol. The molecule has 0 N–H and O–H groups in total. The Hall–Kier alpha value is -2.19. The Morgan fingerprint density at radius 3 is 2.60 bits per heavy atom. The van der Waals surface area contributed by atoms with Gasteiger partial charge in [-0.25, -0.2) is 4.98 Å². The van der Waals surface area contributed by atoms with Gasteiger partial charge in [-0.15, -0.1) is 0 Å². The Kier molecular flexibility index (Phi) is 4.85. The number of carbonyl (C=O) groups excluding carboxylic acids is 1. The second-order valence-electron chi connectivity index (χ2n) is 4.17. The van der Waals surface area contributed by atoms with Gasteiger partial charge in [-0.2, -0.15) is 5.26 Å². The number of nitriles is 1. The largest absolute Gasteiger partial charge is 0.320 e. The molecule has 100 valence electrons. The molecule has 0 aliphatic carbocycles. The number of rotatable bonds is 4. The van der Waals surface area contributed by atoms with Crippen molar-refractivity contribution in [3.63, 3.8) is 0 Å². The molecule has 0 unspecified atom stereocenters. The Bertz CT molecular complexity index is 620. The van der Waals surface area contributed by atoms with E-state index >= 15 is 0 Å². The summed E-state index contributed by atoms with van der Waals surface area (Å²) in [5, 5.41) is 8.88. The molecule has 4 nitrogen and oxygen atoms in total. The van der Waals surface area contributed by atoms with Gasteiger partial charge in [0.1, 0.15) is 12.2 Å². The van der Waals surface area contributed by atoms with Crippen LogP contribution in [0.4, 0.5) is 0 Å². The first-order valence-electron chi connectivity index (χ1n) is 6.02. The zero-order valence-corrected chi connectivity index (χ0v) is 12.2. The van der Waals surface area contributed by atoms with E-state index in [1.165, 1.54) is 4.90 Å². The number of aromatic nitrogens is 1. The van der Waals surface area contributed by atoms with Gasteiger partial charge in [0.05, 0.1) is 6.07 Å². The van der Waals surface area contributed by atoms with Crippen molar-refractivity contribution >= 4 is 21.8 Å². The van der Waals surface area contributed by atoms with Gasteiger partial charge >= 0.3 is 0 Å². The fourth-order valence-corrected chi connectivity index (χ4v) is 1.99. The number of amides is 1. The highest BCUT2D eigenvalue weighted by molar-refractivity contribution is 9.10. The number of hydrogen-bond acceptors (Lipinski definition) is 3. The lowest BCUT2D eigenvalue weighted by Gasteiger charge is -2.19. The van der Waals surface area contributed by atoms with Gasteiger partial charge in [-0.05, 0) is 33.6 Å². The Morgan fingerprint density at radius 1 is 1.25 bits per heavy atom. The topological polar surface area (TPSA) is 57.0 Å². The minimum absolute atomic E-state index is 0.0332. The van der Waals surface area contributed by atoms with E-state index in [1.54, 1.807) is 18.3 Å². The van der Waals surface area contributed by atoms with Crippen LogP contribution >= 0.6 is 15.9 Å². The first-order valence-corrected chi connectivity index (χ1v) is 6.81. The van der Waals surface area contributed by atoms with Crippen LogP contribution in [0.1, 0.15) is 16.1 Å². The van der Waals surface area contributed by atoms with Crippen LogP contribution in [0.15, 0.2) is 53.1 Å². The Labute approximate surface area is 125 Å². The lowest BCUT2D eigenvalue weighted by Crippen LogP contribution is -2.31. The van der Waals surface area contributed by atoms with E-state index in [0.717, 1.165) is 10.0 Å². The monoisotopic (exact) mass is 329 g/mol. The van der Waals surface area contributed by atoms with Crippen molar-refractivity contribution in [3.05, 3.63) is 64.4 Å². The van der Waals surface area contributed by atoms with Gasteiger partial charge in [0, 0.05) is 17.2 Å². The number of halogens is 1. The van der Waals surface area contributed by atoms with Crippen LogP contribution in [0.3, 0.4) is 0 Å². The number of carbonyl (C=O) groups is 1. The normalized spacial score (nSPS) is 9.80. The number of benzene rings is 1. The molecular formula is C15H12BrN3O. The SMILES string of the molecule is N#CCN(Cc1ccccc1)C(=O)c1ccc(Br)cn1. The highest BCUT2D eigenvalue weighted by Gasteiger charge is 2.16. The van der Waals surface area contributed by atoms with Crippen molar-refractivity contribution < 1.29 is 4.79 Å². The van der Waals surface area contributed by atoms with Crippen molar-refractivity contribution in [2.45, 2.75) is 6.54 Å². The third-order valence-electron chi connectivity index (χ3n) is 2.71. The van der Waals surface area contributed by atoms with E-state index in [9.17, 15) is 4.79 Å². The van der Waals surface area contributed by atoms with Crippen LogP contribution in [0.2, 0.25) is 0 Å². The molecule has 0 saturated carbocycles. The number of hydrogen-bond donors (Lipinski definition) is 0. The second kappa shape index (κ2) is 6.83. The van der Waals surface area contributed by atoms with Crippen molar-refractivity contribution in [1.82, 2.24) is 9.88 Å². The van der Waals surface area contributed by atoms with Crippen molar-refractivity contribution in [2.75, 3.05) is 6.54 Å². The zero-order valence-electron chi connectivity index (χ0n) is 10.7. The summed E-state index contributed by atoms with van der Waals surface area (Å²) < 4.78 is 0.809. The van der Waals surface area contributed by atoms with E-state index in [2.05, 4.69) is 20.9 Å². The Morgan fingerprint density at radius 2 is 2.00 bits per heavy atom. The summed E-state index contributed by atoms with van der Waals surface area (Å²) in [6.45, 7) is 0.427. The van der Waals surface area contributed by atoms with Gasteiger partial charge in [0.25, 0.3) is 5.91 Å². The fourth-order valence-electron chi connectivity index (χ4n) is 1.75. The predicted molar refractivity (Wildman–Crippen MR) is 78.7 cm³/mol. The van der Waals surface area contributed by atoms with Gasteiger partial charge < -0.3 is 4.90 Å². The lowest BCUT2D eigenvalue weighted by molar-refractivity contribution is 0.0759.